The summed E-state index contributed by atoms with van der Waals surface area (Å²) < 4.78 is 56.6. The fraction of sp³-hybridized carbons (Fsp3) is 0.500. The Morgan fingerprint density at radius 3 is 2.55 bits per heavy atom. The number of amides is 1. The molecule has 0 aliphatic carbocycles. The Hall–Kier alpha value is -1.83. The highest BCUT2D eigenvalue weighted by Gasteiger charge is 2.61. The molecule has 1 amide bonds. The number of piperidine rings is 1. The lowest BCUT2D eigenvalue weighted by Gasteiger charge is -2.40. The van der Waals surface area contributed by atoms with Gasteiger partial charge in [-0.1, -0.05) is 30.3 Å². The van der Waals surface area contributed by atoms with Gasteiger partial charge in [-0.3, -0.25) is 0 Å². The molecule has 2 unspecified atom stereocenters. The number of ether oxygens (including phenoxy) is 1. The zero-order valence-corrected chi connectivity index (χ0v) is 11.5. The summed E-state index contributed by atoms with van der Waals surface area (Å²) in [5.74, 6) is 0. The number of benzene rings is 1. The molecular formula is C14H15F4NO3. The number of halogens is 4. The minimum absolute atomic E-state index is 0.0589. The number of likely N-dealkylation sites (tertiary alicyclic amines) is 1. The van der Waals surface area contributed by atoms with E-state index in [1.54, 1.807) is 30.3 Å². The minimum Gasteiger partial charge on any atom is -0.445 e. The molecule has 1 aromatic rings. The molecule has 1 aliphatic heterocycles. The van der Waals surface area contributed by atoms with Gasteiger partial charge in [0.05, 0.1) is 6.54 Å². The maximum atomic E-state index is 13.7. The van der Waals surface area contributed by atoms with Crippen molar-refractivity contribution >= 4 is 6.09 Å². The molecule has 1 saturated heterocycles. The summed E-state index contributed by atoms with van der Waals surface area (Å²) in [6, 6.07) is 8.69. The van der Waals surface area contributed by atoms with Crippen molar-refractivity contribution in [2.75, 3.05) is 13.1 Å². The summed E-state index contributed by atoms with van der Waals surface area (Å²) in [5.41, 5.74) is -2.71. The van der Waals surface area contributed by atoms with Crippen molar-refractivity contribution in [3.63, 3.8) is 0 Å². The first kappa shape index (κ1) is 16.5. The molecule has 8 heteroatoms. The van der Waals surface area contributed by atoms with Crippen molar-refractivity contribution in [3.8, 4) is 0 Å². The molecule has 0 spiro atoms. The molecule has 1 aromatic carbocycles. The van der Waals surface area contributed by atoms with Gasteiger partial charge in [-0.05, 0) is 5.56 Å². The molecule has 22 heavy (non-hydrogen) atoms. The van der Waals surface area contributed by atoms with E-state index in [9.17, 15) is 27.5 Å². The highest BCUT2D eigenvalue weighted by molar-refractivity contribution is 5.68. The molecule has 1 aliphatic rings. The Balaban J connectivity index is 1.91. The maximum absolute atomic E-state index is 13.7. The summed E-state index contributed by atoms with van der Waals surface area (Å²) in [7, 11) is 0. The fourth-order valence-electron chi connectivity index (χ4n) is 2.19. The lowest BCUT2D eigenvalue weighted by atomic mass is 9.89. The molecule has 1 heterocycles. The van der Waals surface area contributed by atoms with E-state index >= 15 is 0 Å². The van der Waals surface area contributed by atoms with Gasteiger partial charge < -0.3 is 14.7 Å². The minimum atomic E-state index is -5.08. The van der Waals surface area contributed by atoms with E-state index in [0.717, 1.165) is 4.90 Å². The van der Waals surface area contributed by atoms with Crippen molar-refractivity contribution in [1.29, 1.82) is 0 Å². The van der Waals surface area contributed by atoms with Gasteiger partial charge in [-0.2, -0.15) is 13.2 Å². The SMILES string of the molecule is O=C(OCc1ccccc1)N1CCC(O)(C(F)(F)F)C(F)C1. The van der Waals surface area contributed by atoms with Gasteiger partial charge in [0.25, 0.3) is 0 Å². The third-order valence-corrected chi connectivity index (χ3v) is 3.62. The lowest BCUT2D eigenvalue weighted by Crippen LogP contribution is -2.62. The predicted molar refractivity (Wildman–Crippen MR) is 68.7 cm³/mol. The van der Waals surface area contributed by atoms with E-state index in [4.69, 9.17) is 4.74 Å². The molecule has 2 rings (SSSR count). The summed E-state index contributed by atoms with van der Waals surface area (Å²) in [4.78, 5) is 12.6. The molecule has 1 fully saturated rings. The van der Waals surface area contributed by atoms with Crippen LogP contribution in [-0.2, 0) is 11.3 Å². The predicted octanol–water partition coefficient (Wildman–Crippen LogP) is 2.66. The van der Waals surface area contributed by atoms with Gasteiger partial charge in [0, 0.05) is 13.0 Å². The summed E-state index contributed by atoms with van der Waals surface area (Å²) in [5, 5.41) is 9.40. The highest BCUT2D eigenvalue weighted by Crippen LogP contribution is 2.40. The van der Waals surface area contributed by atoms with E-state index in [-0.39, 0.29) is 6.61 Å². The van der Waals surface area contributed by atoms with Crippen LogP contribution in [0, 0.1) is 0 Å². The molecule has 122 valence electrons. The summed E-state index contributed by atoms with van der Waals surface area (Å²) in [6.07, 6.45) is -9.51. The van der Waals surface area contributed by atoms with Gasteiger partial charge in [0.15, 0.2) is 11.8 Å². The van der Waals surface area contributed by atoms with Crippen molar-refractivity contribution < 1.29 is 32.2 Å². The van der Waals surface area contributed by atoms with Gasteiger partial charge in [-0.25, -0.2) is 9.18 Å². The zero-order chi connectivity index (χ0) is 16.4. The van der Waals surface area contributed by atoms with E-state index in [1.807, 2.05) is 0 Å². The van der Waals surface area contributed by atoms with Crippen LogP contribution < -0.4 is 0 Å². The number of hydrogen-bond donors (Lipinski definition) is 1. The van der Waals surface area contributed by atoms with Gasteiger partial charge >= 0.3 is 12.3 Å². The van der Waals surface area contributed by atoms with Crippen LogP contribution in [0.5, 0.6) is 0 Å². The van der Waals surface area contributed by atoms with Crippen LogP contribution in [0.25, 0.3) is 0 Å². The third kappa shape index (κ3) is 3.32. The first-order chi connectivity index (χ1) is 10.2. The van der Waals surface area contributed by atoms with Crippen LogP contribution in [0.2, 0.25) is 0 Å². The third-order valence-electron chi connectivity index (χ3n) is 3.62. The van der Waals surface area contributed by atoms with Crippen LogP contribution in [0.3, 0.4) is 0 Å². The number of carbonyl (C=O) groups is 1. The van der Waals surface area contributed by atoms with Crippen LogP contribution >= 0.6 is 0 Å². The van der Waals surface area contributed by atoms with Crippen molar-refractivity contribution in [3.05, 3.63) is 35.9 Å². The molecule has 0 bridgehead atoms. The zero-order valence-electron chi connectivity index (χ0n) is 11.5. The van der Waals surface area contributed by atoms with Crippen molar-refractivity contribution in [1.82, 2.24) is 4.90 Å². The number of hydrogen-bond acceptors (Lipinski definition) is 3. The molecular weight excluding hydrogens is 306 g/mol. The molecule has 4 nitrogen and oxygen atoms in total. The lowest BCUT2D eigenvalue weighted by molar-refractivity contribution is -0.291. The fourth-order valence-corrected chi connectivity index (χ4v) is 2.19. The summed E-state index contributed by atoms with van der Waals surface area (Å²) >= 11 is 0. The second-order valence-corrected chi connectivity index (χ2v) is 5.13. The standard InChI is InChI=1S/C14H15F4NO3/c15-11-8-19(7-6-13(11,21)14(16,17)18)12(20)22-9-10-4-2-1-3-5-10/h1-5,11,21H,6-9H2. The van der Waals surface area contributed by atoms with Crippen LogP contribution in [0.1, 0.15) is 12.0 Å². The highest BCUT2D eigenvalue weighted by atomic mass is 19.4. The molecule has 0 aromatic heterocycles. The number of rotatable bonds is 2. The molecule has 0 saturated carbocycles. The monoisotopic (exact) mass is 321 g/mol. The van der Waals surface area contributed by atoms with Crippen LogP contribution in [0.4, 0.5) is 22.4 Å². The molecule has 1 N–H and O–H groups in total. The number of aliphatic hydroxyl groups is 1. The average molecular weight is 321 g/mol. The van der Waals surface area contributed by atoms with E-state index in [1.165, 1.54) is 0 Å². The van der Waals surface area contributed by atoms with Crippen LogP contribution in [-0.4, -0.2) is 47.1 Å². The Labute approximate surface area is 124 Å². The second-order valence-electron chi connectivity index (χ2n) is 5.13. The second kappa shape index (κ2) is 6.12. The Bertz CT molecular complexity index is 523. The first-order valence-electron chi connectivity index (χ1n) is 6.63. The first-order valence-corrected chi connectivity index (χ1v) is 6.63. The number of carbonyl (C=O) groups excluding carboxylic acids is 1. The Morgan fingerprint density at radius 2 is 2.00 bits per heavy atom. The largest absolute Gasteiger partial charge is 0.445 e. The van der Waals surface area contributed by atoms with E-state index in [2.05, 4.69) is 0 Å². The van der Waals surface area contributed by atoms with Gasteiger partial charge in [0.2, 0.25) is 0 Å². The topological polar surface area (TPSA) is 49.8 Å². The van der Waals surface area contributed by atoms with Crippen molar-refractivity contribution in [2.45, 2.75) is 31.0 Å². The van der Waals surface area contributed by atoms with Crippen molar-refractivity contribution in [2.24, 2.45) is 0 Å². The smallest absolute Gasteiger partial charge is 0.420 e. The molecule has 0 radical (unpaired) electrons. The van der Waals surface area contributed by atoms with E-state index < -0.39 is 43.6 Å². The number of nitrogens with zero attached hydrogens (tertiary/aromatic N) is 1. The summed E-state index contributed by atoms with van der Waals surface area (Å²) in [6.45, 7) is -1.34. The van der Waals surface area contributed by atoms with E-state index in [0.29, 0.717) is 5.56 Å². The maximum Gasteiger partial charge on any atom is 0.420 e. The molecule has 2 atom stereocenters. The normalized spacial score (nSPS) is 25.9. The average Bonchev–Trinajstić information content (AvgIpc) is 2.47. The van der Waals surface area contributed by atoms with Gasteiger partial charge in [0.1, 0.15) is 6.61 Å². The van der Waals surface area contributed by atoms with Gasteiger partial charge in [-0.15, -0.1) is 0 Å². The Morgan fingerprint density at radius 1 is 1.36 bits per heavy atom. The quantitative estimate of drug-likeness (QED) is 0.852. The van der Waals surface area contributed by atoms with Crippen LogP contribution in [0.15, 0.2) is 30.3 Å². The Kier molecular flexibility index (Phi) is 4.60. The number of alkyl halides is 4.